The highest BCUT2D eigenvalue weighted by Crippen LogP contribution is 2.23. The van der Waals surface area contributed by atoms with Crippen LogP contribution in [0.1, 0.15) is 0 Å². The molecule has 1 aliphatic heterocycles. The monoisotopic (exact) mass is 194 g/mol. The molecule has 0 amide bonds. The van der Waals surface area contributed by atoms with E-state index in [1.165, 1.54) is 7.11 Å². The Morgan fingerprint density at radius 2 is 2.08 bits per heavy atom. The summed E-state index contributed by atoms with van der Waals surface area (Å²) in [6.45, 7) is 0. The van der Waals surface area contributed by atoms with E-state index < -0.39 is 18.5 Å². The lowest BCUT2D eigenvalue weighted by Gasteiger charge is -2.11. The Bertz CT molecular complexity index is 143. The van der Waals surface area contributed by atoms with E-state index in [2.05, 4.69) is 0 Å². The molecule has 0 radical (unpaired) electrons. The highest BCUT2D eigenvalue weighted by Gasteiger charge is 2.42. The molecular formula is C7H14O4S. The van der Waals surface area contributed by atoms with Crippen LogP contribution in [0.25, 0.3) is 0 Å². The van der Waals surface area contributed by atoms with E-state index in [1.807, 2.05) is 6.26 Å². The quantitative estimate of drug-likeness (QED) is 0.631. The van der Waals surface area contributed by atoms with Gasteiger partial charge in [0, 0.05) is 12.9 Å². The van der Waals surface area contributed by atoms with E-state index >= 15 is 0 Å². The lowest BCUT2D eigenvalue weighted by molar-refractivity contribution is -0.145. The van der Waals surface area contributed by atoms with Crippen molar-refractivity contribution >= 4 is 11.8 Å². The molecule has 1 saturated heterocycles. The third-order valence-corrected chi connectivity index (χ3v) is 2.54. The van der Waals surface area contributed by atoms with Gasteiger partial charge in [-0.3, -0.25) is 0 Å². The Labute approximate surface area is 75.9 Å². The predicted octanol–water partition coefficient (Wildman–Crippen LogP) is -0.557. The van der Waals surface area contributed by atoms with Crippen molar-refractivity contribution in [1.29, 1.82) is 0 Å². The third-order valence-electron chi connectivity index (χ3n) is 1.88. The fourth-order valence-electron chi connectivity index (χ4n) is 1.21. The van der Waals surface area contributed by atoms with Gasteiger partial charge in [0.2, 0.25) is 0 Å². The lowest BCUT2D eigenvalue weighted by Crippen LogP contribution is -2.33. The zero-order valence-corrected chi connectivity index (χ0v) is 7.95. The fourth-order valence-corrected chi connectivity index (χ4v) is 1.82. The molecule has 2 N–H and O–H groups in total. The van der Waals surface area contributed by atoms with E-state index in [1.54, 1.807) is 11.8 Å². The van der Waals surface area contributed by atoms with E-state index in [4.69, 9.17) is 9.47 Å². The molecule has 72 valence electrons. The standard InChI is InChI=1S/C7H14O4S/c1-10-7-6(9)5(8)4(11-7)3-12-2/h4-9H,3H2,1-2H3/t4-,5+,6+,7-/m1/s1. The minimum atomic E-state index is -0.924. The van der Waals surface area contributed by atoms with Crippen molar-refractivity contribution in [2.75, 3.05) is 19.1 Å². The first-order valence-corrected chi connectivity index (χ1v) is 5.13. The van der Waals surface area contributed by atoms with Gasteiger partial charge in [0.05, 0.1) is 6.10 Å². The van der Waals surface area contributed by atoms with Crippen molar-refractivity contribution in [3.05, 3.63) is 0 Å². The van der Waals surface area contributed by atoms with Crippen LogP contribution in [0.3, 0.4) is 0 Å². The molecule has 5 heteroatoms. The van der Waals surface area contributed by atoms with E-state index in [-0.39, 0.29) is 6.10 Å². The predicted molar refractivity (Wildman–Crippen MR) is 46.1 cm³/mol. The van der Waals surface area contributed by atoms with E-state index in [9.17, 15) is 10.2 Å². The Morgan fingerprint density at radius 3 is 2.50 bits per heavy atom. The summed E-state index contributed by atoms with van der Waals surface area (Å²) in [7, 11) is 1.45. The SMILES string of the molecule is CO[C@@H]1O[C@H](CSC)[C@H](O)[C@@H]1O. The Kier molecular flexibility index (Phi) is 3.79. The number of aliphatic hydroxyl groups excluding tert-OH is 2. The second kappa shape index (κ2) is 4.43. The molecule has 12 heavy (non-hydrogen) atoms. The van der Waals surface area contributed by atoms with Crippen molar-refractivity contribution in [3.8, 4) is 0 Å². The average Bonchev–Trinajstić information content (AvgIpc) is 2.33. The van der Waals surface area contributed by atoms with Crippen LogP contribution in [0.15, 0.2) is 0 Å². The van der Waals surface area contributed by atoms with Crippen LogP contribution < -0.4 is 0 Å². The van der Waals surface area contributed by atoms with Crippen LogP contribution in [0.5, 0.6) is 0 Å². The molecule has 0 aliphatic carbocycles. The normalized spacial score (nSPS) is 42.0. The summed E-state index contributed by atoms with van der Waals surface area (Å²) >= 11 is 1.57. The molecule has 1 aliphatic rings. The number of hydrogen-bond donors (Lipinski definition) is 2. The van der Waals surface area contributed by atoms with Crippen molar-refractivity contribution in [2.45, 2.75) is 24.6 Å². The van der Waals surface area contributed by atoms with Crippen LogP contribution >= 0.6 is 11.8 Å². The smallest absolute Gasteiger partial charge is 0.186 e. The maximum Gasteiger partial charge on any atom is 0.186 e. The molecule has 0 unspecified atom stereocenters. The number of rotatable bonds is 3. The van der Waals surface area contributed by atoms with Gasteiger partial charge in [-0.15, -0.1) is 0 Å². The number of aliphatic hydroxyl groups is 2. The molecule has 1 fully saturated rings. The van der Waals surface area contributed by atoms with Crippen molar-refractivity contribution in [3.63, 3.8) is 0 Å². The molecule has 1 rings (SSSR count). The Hall–Kier alpha value is 0.190. The largest absolute Gasteiger partial charge is 0.387 e. The molecule has 4 atom stereocenters. The number of thioether (sulfide) groups is 1. The van der Waals surface area contributed by atoms with Crippen LogP contribution in [0, 0.1) is 0 Å². The molecule has 0 aromatic carbocycles. The number of hydrogen-bond acceptors (Lipinski definition) is 5. The summed E-state index contributed by atoms with van der Waals surface area (Å²) in [5.41, 5.74) is 0. The van der Waals surface area contributed by atoms with E-state index in [0.717, 1.165) is 0 Å². The number of methoxy groups -OCH3 is 1. The maximum absolute atomic E-state index is 9.42. The summed E-state index contributed by atoms with van der Waals surface area (Å²) in [5.74, 6) is 0.665. The molecule has 4 nitrogen and oxygen atoms in total. The summed E-state index contributed by atoms with van der Waals surface area (Å²) in [6.07, 6.45) is -0.838. The van der Waals surface area contributed by atoms with Gasteiger partial charge in [-0.2, -0.15) is 11.8 Å². The van der Waals surface area contributed by atoms with Gasteiger partial charge >= 0.3 is 0 Å². The highest BCUT2D eigenvalue weighted by molar-refractivity contribution is 7.98. The minimum absolute atomic E-state index is 0.319. The molecule has 0 spiro atoms. The van der Waals surface area contributed by atoms with Crippen LogP contribution in [0.2, 0.25) is 0 Å². The highest BCUT2D eigenvalue weighted by atomic mass is 32.2. The Morgan fingerprint density at radius 1 is 1.42 bits per heavy atom. The van der Waals surface area contributed by atoms with Gasteiger partial charge in [0.15, 0.2) is 6.29 Å². The summed E-state index contributed by atoms with van der Waals surface area (Å²) in [4.78, 5) is 0. The zero-order valence-electron chi connectivity index (χ0n) is 7.14. The van der Waals surface area contributed by atoms with Crippen LogP contribution in [-0.4, -0.2) is 53.9 Å². The molecule has 0 saturated carbocycles. The second-order valence-electron chi connectivity index (χ2n) is 2.72. The Balaban J connectivity index is 2.48. The van der Waals surface area contributed by atoms with Gasteiger partial charge in [-0.25, -0.2) is 0 Å². The second-order valence-corrected chi connectivity index (χ2v) is 3.63. The maximum atomic E-state index is 9.42. The molecular weight excluding hydrogens is 180 g/mol. The van der Waals surface area contributed by atoms with Gasteiger partial charge in [0.25, 0.3) is 0 Å². The number of ether oxygens (including phenoxy) is 2. The van der Waals surface area contributed by atoms with Gasteiger partial charge < -0.3 is 19.7 Å². The minimum Gasteiger partial charge on any atom is -0.387 e. The summed E-state index contributed by atoms with van der Waals surface area (Å²) < 4.78 is 10.1. The molecule has 0 aromatic rings. The van der Waals surface area contributed by atoms with Gasteiger partial charge in [-0.05, 0) is 6.26 Å². The topological polar surface area (TPSA) is 58.9 Å². The summed E-state index contributed by atoms with van der Waals surface area (Å²) in [5, 5.41) is 18.8. The first-order chi connectivity index (χ1) is 5.70. The van der Waals surface area contributed by atoms with Crippen molar-refractivity contribution in [1.82, 2.24) is 0 Å². The van der Waals surface area contributed by atoms with Gasteiger partial charge in [0.1, 0.15) is 12.2 Å². The van der Waals surface area contributed by atoms with Gasteiger partial charge in [-0.1, -0.05) is 0 Å². The summed E-state index contributed by atoms with van der Waals surface area (Å²) in [6, 6.07) is 0. The molecule has 1 heterocycles. The molecule has 0 aromatic heterocycles. The third kappa shape index (κ3) is 1.92. The lowest BCUT2D eigenvalue weighted by atomic mass is 10.2. The van der Waals surface area contributed by atoms with Crippen LogP contribution in [0.4, 0.5) is 0 Å². The zero-order chi connectivity index (χ0) is 9.14. The average molecular weight is 194 g/mol. The van der Waals surface area contributed by atoms with Crippen molar-refractivity contribution < 1.29 is 19.7 Å². The fraction of sp³-hybridized carbons (Fsp3) is 1.00. The first-order valence-electron chi connectivity index (χ1n) is 3.74. The van der Waals surface area contributed by atoms with Crippen LogP contribution in [-0.2, 0) is 9.47 Å². The molecule has 0 bridgehead atoms. The first kappa shape index (κ1) is 10.3. The van der Waals surface area contributed by atoms with E-state index in [0.29, 0.717) is 5.75 Å². The van der Waals surface area contributed by atoms with Crippen molar-refractivity contribution in [2.24, 2.45) is 0 Å².